The molecule has 0 aliphatic carbocycles. The van der Waals surface area contributed by atoms with Crippen LogP contribution in [-0.4, -0.2) is 60.8 Å². The minimum atomic E-state index is 0. The Hall–Kier alpha value is 3.69. The van der Waals surface area contributed by atoms with Crippen molar-refractivity contribution in [1.29, 1.82) is 0 Å². The Morgan fingerprint density at radius 2 is 1.20 bits per heavy atom. The molecule has 0 unspecified atom stereocenters. The molecule has 0 spiro atoms. The monoisotopic (exact) mass is 251 g/mol. The molecular formula is H4CaCuFeMgZn. The average Bonchev–Trinajstić information content (AvgIpc) is 0. The molecule has 0 nitrogen and oxygen atoms in total. The molecule has 0 atom stereocenters. The Labute approximate surface area is 118 Å². The minimum Gasteiger partial charge on any atom is -1.00 e. The van der Waals surface area contributed by atoms with Crippen LogP contribution in [0.2, 0.25) is 0 Å². The molecule has 5 heavy (non-hydrogen) atoms. The van der Waals surface area contributed by atoms with E-state index in [1.165, 1.54) is 0 Å². The molecule has 0 saturated carbocycles. The van der Waals surface area contributed by atoms with Gasteiger partial charge >= 0.3 is 60.8 Å². The van der Waals surface area contributed by atoms with Gasteiger partial charge in [-0.3, -0.25) is 0 Å². The molecule has 0 aromatic rings. The molecule has 0 saturated heterocycles. The Kier molecular flexibility index (Phi) is 191. The van der Waals surface area contributed by atoms with Gasteiger partial charge in [-0.2, -0.15) is 0 Å². The summed E-state index contributed by atoms with van der Waals surface area (Å²) in [5.74, 6) is 0. The first-order valence-electron chi connectivity index (χ1n) is 0. The van der Waals surface area contributed by atoms with Gasteiger partial charge in [0.05, 0.1) is 0 Å². The zero-order valence-corrected chi connectivity index (χ0v) is 11.4. The van der Waals surface area contributed by atoms with Gasteiger partial charge in [0.15, 0.2) is 0 Å². The molecule has 0 aliphatic heterocycles. The van der Waals surface area contributed by atoms with E-state index in [4.69, 9.17) is 0 Å². The fourth-order valence-corrected chi connectivity index (χ4v) is 0. The SMILES string of the molecule is [Ca+2].[Cu].[Fe].[H-].[H-].[H-].[H-].[Mg+2].[Zn]. The summed E-state index contributed by atoms with van der Waals surface area (Å²) >= 11 is 0. The Morgan fingerprint density at radius 3 is 1.20 bits per heavy atom. The van der Waals surface area contributed by atoms with Crippen molar-refractivity contribution in [3.63, 3.8) is 0 Å². The van der Waals surface area contributed by atoms with Gasteiger partial charge in [0.1, 0.15) is 0 Å². The van der Waals surface area contributed by atoms with Gasteiger partial charge in [-0.25, -0.2) is 0 Å². The first-order valence-corrected chi connectivity index (χ1v) is 0. The fraction of sp³-hybridized carbons (Fsp3) is 0. The van der Waals surface area contributed by atoms with Crippen LogP contribution < -0.4 is 0 Å². The van der Waals surface area contributed by atoms with E-state index < -0.39 is 0 Å². The van der Waals surface area contributed by atoms with Crippen LogP contribution in [0.25, 0.3) is 0 Å². The number of hydrogen-bond acceptors (Lipinski definition) is 0. The number of rotatable bonds is 0. The standard InChI is InChI=1S/Ca.Cu.Fe.Mg.Zn.4H/q+2;;;+2;;4*-1. The summed E-state index contributed by atoms with van der Waals surface area (Å²) in [6.07, 6.45) is 0. The predicted octanol–water partition coefficient (Wildman–Crippen LogP) is -0.319. The second kappa shape index (κ2) is 25.3. The fourth-order valence-electron chi connectivity index (χ4n) is 0. The van der Waals surface area contributed by atoms with Crippen molar-refractivity contribution in [3.05, 3.63) is 0 Å². The van der Waals surface area contributed by atoms with Crippen LogP contribution in [0, 0.1) is 0 Å². The van der Waals surface area contributed by atoms with Crippen molar-refractivity contribution >= 4 is 60.8 Å². The van der Waals surface area contributed by atoms with E-state index in [1.807, 2.05) is 0 Å². The molecule has 0 heterocycles. The Morgan fingerprint density at radius 1 is 1.20 bits per heavy atom. The summed E-state index contributed by atoms with van der Waals surface area (Å²) in [7, 11) is 0. The third kappa shape index (κ3) is 18.3. The largest absolute Gasteiger partial charge is 2.00 e. The topological polar surface area (TPSA) is 0 Å². The van der Waals surface area contributed by atoms with Gasteiger partial charge in [0.2, 0.25) is 0 Å². The van der Waals surface area contributed by atoms with Crippen molar-refractivity contribution in [2.24, 2.45) is 0 Å². The van der Waals surface area contributed by atoms with Crippen molar-refractivity contribution in [2.45, 2.75) is 0 Å². The predicted molar refractivity (Wildman–Crippen MR) is 16.0 cm³/mol. The molecule has 0 bridgehead atoms. The molecule has 0 aromatic carbocycles. The van der Waals surface area contributed by atoms with Crippen LogP contribution in [0.15, 0.2) is 0 Å². The van der Waals surface area contributed by atoms with Gasteiger partial charge in [0, 0.05) is 53.6 Å². The molecule has 0 rings (SSSR count). The van der Waals surface area contributed by atoms with E-state index in [2.05, 4.69) is 0 Å². The zero-order chi connectivity index (χ0) is 0. The minimum absolute atomic E-state index is 0. The first-order chi connectivity index (χ1) is 0. The van der Waals surface area contributed by atoms with E-state index in [-0.39, 0.29) is 120 Å². The van der Waals surface area contributed by atoms with Crippen molar-refractivity contribution in [3.8, 4) is 0 Å². The second-order valence-electron chi connectivity index (χ2n) is 0. The summed E-state index contributed by atoms with van der Waals surface area (Å²) in [4.78, 5) is 0. The molecule has 0 fully saturated rings. The molecule has 29 valence electrons. The first kappa shape index (κ1) is 37.8. The zero-order valence-electron chi connectivity index (χ0n) is 6.78. The summed E-state index contributed by atoms with van der Waals surface area (Å²) in [6.45, 7) is 0. The van der Waals surface area contributed by atoms with Gasteiger partial charge in [-0.1, -0.05) is 0 Å². The van der Waals surface area contributed by atoms with E-state index in [0.29, 0.717) is 0 Å². The molecule has 5 heteroatoms. The van der Waals surface area contributed by atoms with Gasteiger partial charge in [-0.15, -0.1) is 0 Å². The normalized spacial score (nSPS) is 0. The number of hydrogen-bond donors (Lipinski definition) is 0. The molecule has 1 radical (unpaired) electrons. The Balaban J connectivity index is 0. The maximum absolute atomic E-state index is 0. The van der Waals surface area contributed by atoms with Crippen molar-refractivity contribution < 1.29 is 59.3 Å². The van der Waals surface area contributed by atoms with Crippen LogP contribution in [-0.2, 0) is 53.6 Å². The molecule has 0 aromatic heterocycles. The summed E-state index contributed by atoms with van der Waals surface area (Å²) < 4.78 is 0. The van der Waals surface area contributed by atoms with Crippen LogP contribution >= 0.6 is 0 Å². The summed E-state index contributed by atoms with van der Waals surface area (Å²) in [6, 6.07) is 0. The summed E-state index contributed by atoms with van der Waals surface area (Å²) in [5.41, 5.74) is 0. The van der Waals surface area contributed by atoms with E-state index in [0.717, 1.165) is 0 Å². The Bertz CT molecular complexity index is 20.5. The molecular weight excluding hydrogens is 249 g/mol. The second-order valence-corrected chi connectivity index (χ2v) is 0. The smallest absolute Gasteiger partial charge is 1.00 e. The molecule has 0 N–H and O–H groups in total. The maximum Gasteiger partial charge on any atom is 2.00 e. The van der Waals surface area contributed by atoms with Crippen molar-refractivity contribution in [2.75, 3.05) is 0 Å². The third-order valence-electron chi connectivity index (χ3n) is 0. The quantitative estimate of drug-likeness (QED) is 0.519. The van der Waals surface area contributed by atoms with Gasteiger partial charge in [-0.05, 0) is 0 Å². The molecule has 0 aliphatic rings. The van der Waals surface area contributed by atoms with E-state index >= 15 is 0 Å². The third-order valence-corrected chi connectivity index (χ3v) is 0. The van der Waals surface area contributed by atoms with Crippen LogP contribution in [0.5, 0.6) is 0 Å². The van der Waals surface area contributed by atoms with Crippen LogP contribution in [0.1, 0.15) is 5.71 Å². The van der Waals surface area contributed by atoms with Crippen LogP contribution in [0.4, 0.5) is 0 Å². The summed E-state index contributed by atoms with van der Waals surface area (Å²) in [5, 5.41) is 0. The van der Waals surface area contributed by atoms with Gasteiger partial charge < -0.3 is 5.71 Å². The van der Waals surface area contributed by atoms with Gasteiger partial charge in [0.25, 0.3) is 0 Å². The van der Waals surface area contributed by atoms with E-state index in [9.17, 15) is 0 Å². The van der Waals surface area contributed by atoms with E-state index in [1.54, 1.807) is 0 Å². The maximum atomic E-state index is 0. The average molecular weight is 253 g/mol. The molecule has 0 amide bonds. The van der Waals surface area contributed by atoms with Crippen molar-refractivity contribution in [1.82, 2.24) is 0 Å². The van der Waals surface area contributed by atoms with Crippen LogP contribution in [0.3, 0.4) is 0 Å².